The second-order valence-corrected chi connectivity index (χ2v) is 5.85. The summed E-state index contributed by atoms with van der Waals surface area (Å²) in [4.78, 5) is 12.5. The second kappa shape index (κ2) is 5.23. The molecule has 23 heavy (non-hydrogen) atoms. The average molecular weight is 327 g/mol. The van der Waals surface area contributed by atoms with Gasteiger partial charge in [-0.05, 0) is 43.5 Å². The Morgan fingerprint density at radius 2 is 1.96 bits per heavy atom. The van der Waals surface area contributed by atoms with E-state index < -0.39 is 23.7 Å². The van der Waals surface area contributed by atoms with Gasteiger partial charge in [0.25, 0.3) is 11.6 Å². The number of hydrazone groups is 1. The minimum absolute atomic E-state index is 0.00938. The number of halogens is 3. The zero-order valence-electron chi connectivity index (χ0n) is 12.2. The van der Waals surface area contributed by atoms with Gasteiger partial charge in [0.15, 0.2) is 0 Å². The van der Waals surface area contributed by atoms with Crippen LogP contribution in [0.15, 0.2) is 29.4 Å². The van der Waals surface area contributed by atoms with Crippen molar-refractivity contribution in [1.82, 2.24) is 5.01 Å². The minimum atomic E-state index is -5.00. The van der Waals surface area contributed by atoms with Crippen molar-refractivity contribution in [1.29, 1.82) is 0 Å². The molecule has 0 bridgehead atoms. The Bertz CT molecular complexity index is 657. The normalized spacial score (nSPS) is 27.6. The minimum Gasteiger partial charge on any atom is -0.399 e. The first-order valence-electron chi connectivity index (χ1n) is 7.31. The Balaban J connectivity index is 2.03. The van der Waals surface area contributed by atoms with Gasteiger partial charge in [0.2, 0.25) is 0 Å². The Labute approximate surface area is 130 Å². The average Bonchev–Trinajstić information content (AvgIpc) is 2.82. The molecular weight excluding hydrogens is 311 g/mol. The van der Waals surface area contributed by atoms with Gasteiger partial charge in [-0.1, -0.05) is 6.42 Å². The quantitative estimate of drug-likeness (QED) is 0.778. The fraction of sp³-hybridized carbons (Fsp3) is 0.467. The molecule has 0 radical (unpaired) electrons. The van der Waals surface area contributed by atoms with Gasteiger partial charge in [0.05, 0.1) is 5.92 Å². The summed E-state index contributed by atoms with van der Waals surface area (Å²) in [7, 11) is 0. The van der Waals surface area contributed by atoms with Crippen LogP contribution in [-0.2, 0) is 0 Å². The third-order valence-corrected chi connectivity index (χ3v) is 4.38. The van der Waals surface area contributed by atoms with E-state index >= 15 is 0 Å². The summed E-state index contributed by atoms with van der Waals surface area (Å²) in [6.45, 7) is 0. The van der Waals surface area contributed by atoms with Gasteiger partial charge in [-0.15, -0.1) is 0 Å². The molecule has 0 saturated heterocycles. The van der Waals surface area contributed by atoms with E-state index in [4.69, 9.17) is 5.73 Å². The highest BCUT2D eigenvalue weighted by molar-refractivity contribution is 5.99. The highest BCUT2D eigenvalue weighted by Gasteiger charge is 2.68. The van der Waals surface area contributed by atoms with Crippen LogP contribution in [-0.4, -0.2) is 33.6 Å². The zero-order valence-corrected chi connectivity index (χ0v) is 12.2. The van der Waals surface area contributed by atoms with Gasteiger partial charge in [-0.3, -0.25) is 4.79 Å². The van der Waals surface area contributed by atoms with Crippen molar-refractivity contribution in [2.24, 2.45) is 11.0 Å². The van der Waals surface area contributed by atoms with Crippen molar-refractivity contribution in [2.75, 3.05) is 5.73 Å². The highest BCUT2D eigenvalue weighted by Crippen LogP contribution is 2.48. The lowest BCUT2D eigenvalue weighted by Gasteiger charge is -2.38. The monoisotopic (exact) mass is 327 g/mol. The van der Waals surface area contributed by atoms with Gasteiger partial charge in [0, 0.05) is 17.0 Å². The summed E-state index contributed by atoms with van der Waals surface area (Å²) < 4.78 is 40.7. The topological polar surface area (TPSA) is 78.9 Å². The number of aliphatic hydroxyl groups is 1. The number of hydrogen-bond donors (Lipinski definition) is 2. The van der Waals surface area contributed by atoms with Gasteiger partial charge in [0.1, 0.15) is 0 Å². The maximum Gasteiger partial charge on any atom is 0.439 e. The van der Waals surface area contributed by atoms with Crippen molar-refractivity contribution >= 4 is 17.3 Å². The number of nitrogens with zero attached hydrogens (tertiary/aromatic N) is 2. The van der Waals surface area contributed by atoms with Crippen LogP contribution in [0.5, 0.6) is 0 Å². The van der Waals surface area contributed by atoms with Gasteiger partial charge < -0.3 is 10.8 Å². The van der Waals surface area contributed by atoms with E-state index in [0.29, 0.717) is 24.9 Å². The first-order chi connectivity index (χ1) is 10.7. The van der Waals surface area contributed by atoms with Crippen molar-refractivity contribution in [3.8, 4) is 0 Å². The lowest BCUT2D eigenvalue weighted by Crippen LogP contribution is -2.61. The van der Waals surface area contributed by atoms with E-state index in [1.807, 2.05) is 0 Å². The van der Waals surface area contributed by atoms with Crippen LogP contribution >= 0.6 is 0 Å². The van der Waals surface area contributed by atoms with E-state index in [1.54, 1.807) is 0 Å². The molecule has 0 spiro atoms. The summed E-state index contributed by atoms with van der Waals surface area (Å²) in [5.41, 5.74) is 2.84. The Kier molecular flexibility index (Phi) is 3.59. The molecule has 2 aliphatic rings. The molecule has 1 fully saturated rings. The first-order valence-corrected chi connectivity index (χ1v) is 7.31. The van der Waals surface area contributed by atoms with Crippen molar-refractivity contribution in [3.63, 3.8) is 0 Å². The molecule has 1 heterocycles. The van der Waals surface area contributed by atoms with Crippen LogP contribution in [0.1, 0.15) is 36.0 Å². The number of anilines is 1. The fourth-order valence-corrected chi connectivity index (χ4v) is 3.17. The summed E-state index contributed by atoms with van der Waals surface area (Å²) in [5.74, 6) is -2.19. The van der Waals surface area contributed by atoms with Gasteiger partial charge in [-0.25, -0.2) is 0 Å². The lowest BCUT2D eigenvalue weighted by molar-refractivity contribution is -0.312. The van der Waals surface area contributed by atoms with E-state index in [9.17, 15) is 23.1 Å². The smallest absolute Gasteiger partial charge is 0.399 e. The van der Waals surface area contributed by atoms with Crippen molar-refractivity contribution in [3.05, 3.63) is 29.8 Å². The Morgan fingerprint density at radius 3 is 2.57 bits per heavy atom. The number of alkyl halides is 3. The predicted molar refractivity (Wildman–Crippen MR) is 77.4 cm³/mol. The number of nitrogen functional groups attached to an aromatic ring is 1. The number of carbonyl (C=O) groups is 1. The molecule has 1 aromatic carbocycles. The molecular formula is C15H16F3N3O2. The second-order valence-electron chi connectivity index (χ2n) is 5.85. The van der Waals surface area contributed by atoms with E-state index in [1.165, 1.54) is 24.3 Å². The molecule has 3 N–H and O–H groups in total. The molecule has 0 aromatic heterocycles. The van der Waals surface area contributed by atoms with Crippen LogP contribution in [0.2, 0.25) is 0 Å². The lowest BCUT2D eigenvalue weighted by atomic mass is 9.80. The molecule has 2 atom stereocenters. The maximum absolute atomic E-state index is 13.6. The summed E-state index contributed by atoms with van der Waals surface area (Å²) in [5, 5.41) is 14.4. The SMILES string of the molecule is Nc1ccc(C(=O)N2N=C3CCCC[C@H]3[C@]2(O)C(F)(F)F)cc1. The molecule has 1 aliphatic heterocycles. The Hall–Kier alpha value is -2.09. The van der Waals surface area contributed by atoms with Gasteiger partial charge in [-0.2, -0.15) is 23.3 Å². The number of benzene rings is 1. The van der Waals surface area contributed by atoms with Gasteiger partial charge >= 0.3 is 6.18 Å². The van der Waals surface area contributed by atoms with E-state index in [-0.39, 0.29) is 22.7 Å². The van der Waals surface area contributed by atoms with Crippen molar-refractivity contribution in [2.45, 2.75) is 37.6 Å². The third kappa shape index (κ3) is 2.37. The van der Waals surface area contributed by atoms with Crippen LogP contribution in [0, 0.1) is 5.92 Å². The third-order valence-electron chi connectivity index (χ3n) is 4.38. The molecule has 8 heteroatoms. The molecule has 124 valence electrons. The number of fused-ring (bicyclic) bond motifs is 1. The van der Waals surface area contributed by atoms with Crippen molar-refractivity contribution < 1.29 is 23.1 Å². The summed E-state index contributed by atoms with van der Waals surface area (Å²) >= 11 is 0. The number of nitrogens with two attached hydrogens (primary N) is 1. The molecule has 1 amide bonds. The number of carbonyl (C=O) groups excluding carboxylic acids is 1. The molecule has 1 aliphatic carbocycles. The maximum atomic E-state index is 13.6. The number of hydrogen-bond acceptors (Lipinski definition) is 4. The molecule has 3 rings (SSSR count). The van der Waals surface area contributed by atoms with Crippen LogP contribution in [0.3, 0.4) is 0 Å². The highest BCUT2D eigenvalue weighted by atomic mass is 19.4. The zero-order chi connectivity index (χ0) is 16.8. The van der Waals surface area contributed by atoms with E-state index in [2.05, 4.69) is 5.10 Å². The largest absolute Gasteiger partial charge is 0.439 e. The van der Waals surface area contributed by atoms with Crippen LogP contribution < -0.4 is 5.73 Å². The first kappa shape index (κ1) is 15.8. The molecule has 0 unspecified atom stereocenters. The van der Waals surface area contributed by atoms with Crippen LogP contribution in [0.25, 0.3) is 0 Å². The molecule has 1 saturated carbocycles. The molecule has 5 nitrogen and oxygen atoms in total. The van der Waals surface area contributed by atoms with E-state index in [0.717, 1.165) is 0 Å². The summed E-state index contributed by atoms with van der Waals surface area (Å²) in [6, 6.07) is 5.46. The standard InChI is InChI=1S/C15H16F3N3O2/c16-15(17,18)14(23)11-3-1-2-4-12(11)20-21(14)13(22)9-5-7-10(19)8-6-9/h5-8,11,23H,1-4,19H2/t11-,14+/m1/s1. The predicted octanol–water partition coefficient (Wildman–Crippen LogP) is 2.52. The Morgan fingerprint density at radius 1 is 1.30 bits per heavy atom. The van der Waals surface area contributed by atoms with Crippen LogP contribution in [0.4, 0.5) is 18.9 Å². The number of rotatable bonds is 1. The summed E-state index contributed by atoms with van der Waals surface area (Å²) in [6.07, 6.45) is -3.22. The molecule has 1 aromatic rings. The fourth-order valence-electron chi connectivity index (χ4n) is 3.17. The number of amides is 1.